The van der Waals surface area contributed by atoms with Crippen molar-refractivity contribution >= 4 is 24.2 Å². The van der Waals surface area contributed by atoms with Gasteiger partial charge in [-0.2, -0.15) is 0 Å². The highest BCUT2D eigenvalue weighted by atomic mass is 16.4. The molecule has 0 radical (unpaired) electrons. The molecule has 1 heterocycles. The molecule has 4 rings (SSSR count). The lowest BCUT2D eigenvalue weighted by molar-refractivity contribution is -0.135. The Bertz CT molecular complexity index is 1090. The Morgan fingerprint density at radius 1 is 1.14 bits per heavy atom. The number of nitrogens with one attached hydrogen (secondary N) is 2. The van der Waals surface area contributed by atoms with E-state index in [0.717, 1.165) is 30.4 Å². The molecule has 2 aromatic carbocycles. The monoisotopic (exact) mass is 480 g/mol. The number of carbonyl (C=O) groups excluding carboxylic acids is 3. The Hall–Kier alpha value is -3.72. The first-order valence-corrected chi connectivity index (χ1v) is 11.7. The summed E-state index contributed by atoms with van der Waals surface area (Å²) in [5, 5.41) is 14.4. The van der Waals surface area contributed by atoms with Gasteiger partial charge in [0.15, 0.2) is 0 Å². The molecule has 35 heavy (non-hydrogen) atoms. The van der Waals surface area contributed by atoms with Crippen molar-refractivity contribution in [3.05, 3.63) is 70.3 Å². The zero-order chi connectivity index (χ0) is 25.4. The predicted octanol–water partition coefficient (Wildman–Crippen LogP) is 1.54. The number of rotatable bonds is 6. The number of fused-ring (bicyclic) bond motifs is 2. The average Bonchev–Trinajstić information content (AvgIpc) is 2.87. The van der Waals surface area contributed by atoms with E-state index in [1.165, 1.54) is 17.5 Å². The van der Waals surface area contributed by atoms with Crippen molar-refractivity contribution in [3.63, 3.8) is 0 Å². The van der Waals surface area contributed by atoms with Crippen LogP contribution >= 0.6 is 0 Å². The van der Waals surface area contributed by atoms with Gasteiger partial charge in [0.05, 0.1) is 24.7 Å². The molecule has 0 saturated heterocycles. The molecular formula is C26H32N4O5. The van der Waals surface area contributed by atoms with Crippen molar-refractivity contribution < 1.29 is 24.3 Å². The molecule has 5 N–H and O–H groups in total. The number of benzene rings is 2. The van der Waals surface area contributed by atoms with Gasteiger partial charge in [-0.15, -0.1) is 0 Å². The van der Waals surface area contributed by atoms with Crippen LogP contribution < -0.4 is 16.4 Å². The number of nitrogens with zero attached hydrogens (tertiary/aromatic N) is 1. The fraction of sp³-hybridized carbons (Fsp3) is 0.385. The molecule has 2 aromatic rings. The number of nitrogens with two attached hydrogens (primary N) is 1. The lowest BCUT2D eigenvalue weighted by Gasteiger charge is -2.35. The number of carboxylic acids is 1. The predicted molar refractivity (Wildman–Crippen MR) is 131 cm³/mol. The summed E-state index contributed by atoms with van der Waals surface area (Å²) >= 11 is 0. The van der Waals surface area contributed by atoms with Gasteiger partial charge in [0.2, 0.25) is 18.2 Å². The molecular weight excluding hydrogens is 448 g/mol. The van der Waals surface area contributed by atoms with E-state index >= 15 is 0 Å². The molecule has 9 nitrogen and oxygen atoms in total. The number of aryl methyl sites for hydroxylation is 1. The fourth-order valence-corrected chi connectivity index (χ4v) is 4.56. The minimum atomic E-state index is -0.991. The molecule has 186 valence electrons. The van der Waals surface area contributed by atoms with Gasteiger partial charge in [-0.25, -0.2) is 4.79 Å². The van der Waals surface area contributed by atoms with E-state index in [4.69, 9.17) is 10.8 Å². The highest BCUT2D eigenvalue weighted by molar-refractivity contribution is 5.88. The quantitative estimate of drug-likeness (QED) is 0.462. The van der Waals surface area contributed by atoms with Crippen molar-refractivity contribution in [2.45, 2.75) is 51.2 Å². The first-order valence-electron chi connectivity index (χ1n) is 11.7. The first kappa shape index (κ1) is 25.9. The van der Waals surface area contributed by atoms with Gasteiger partial charge in [-0.1, -0.05) is 30.3 Å². The molecule has 1 aliphatic heterocycles. The summed E-state index contributed by atoms with van der Waals surface area (Å²) in [5.74, 6) is -1.58. The zero-order valence-electron chi connectivity index (χ0n) is 19.8. The molecule has 2 aliphatic rings. The third-order valence-electron chi connectivity index (χ3n) is 6.42. The van der Waals surface area contributed by atoms with E-state index in [2.05, 4.69) is 28.8 Å². The summed E-state index contributed by atoms with van der Waals surface area (Å²) in [5.41, 5.74) is 9.94. The number of amides is 3. The van der Waals surface area contributed by atoms with Crippen molar-refractivity contribution in [2.24, 2.45) is 5.73 Å². The minimum Gasteiger partial charge on any atom is -0.478 e. The third kappa shape index (κ3) is 6.66. The Morgan fingerprint density at radius 2 is 1.91 bits per heavy atom. The van der Waals surface area contributed by atoms with Gasteiger partial charge in [0, 0.05) is 12.6 Å². The first-order chi connectivity index (χ1) is 16.8. The second-order valence-corrected chi connectivity index (χ2v) is 8.77. The smallest absolute Gasteiger partial charge is 0.335 e. The average molecular weight is 481 g/mol. The van der Waals surface area contributed by atoms with Gasteiger partial charge in [-0.05, 0) is 67.0 Å². The maximum Gasteiger partial charge on any atom is 0.335 e. The minimum absolute atomic E-state index is 0.00884. The van der Waals surface area contributed by atoms with Crippen LogP contribution in [0.15, 0.2) is 42.5 Å². The van der Waals surface area contributed by atoms with Crippen molar-refractivity contribution in [3.8, 4) is 0 Å². The lowest BCUT2D eigenvalue weighted by Crippen LogP contribution is -2.47. The molecule has 3 amide bonds. The SMILES string of the molecule is CC1Cc2ccc(C(=O)O)cc2CN1C(=O)CNC(=O)CN.O=CNC1CCCc2ccccc21. The summed E-state index contributed by atoms with van der Waals surface area (Å²) in [6.45, 7) is 2.01. The van der Waals surface area contributed by atoms with Crippen LogP contribution in [0.1, 0.15) is 58.4 Å². The highest BCUT2D eigenvalue weighted by Crippen LogP contribution is 2.28. The van der Waals surface area contributed by atoms with E-state index in [-0.39, 0.29) is 42.6 Å². The number of hydrogen-bond donors (Lipinski definition) is 4. The highest BCUT2D eigenvalue weighted by Gasteiger charge is 2.27. The normalized spacial score (nSPS) is 18.2. The second-order valence-electron chi connectivity index (χ2n) is 8.77. The summed E-state index contributed by atoms with van der Waals surface area (Å²) < 4.78 is 0. The van der Waals surface area contributed by atoms with E-state index in [0.29, 0.717) is 13.0 Å². The molecule has 9 heteroatoms. The van der Waals surface area contributed by atoms with Crippen LogP contribution in [-0.2, 0) is 33.8 Å². The van der Waals surface area contributed by atoms with Gasteiger partial charge in [0.1, 0.15) is 0 Å². The van der Waals surface area contributed by atoms with E-state index < -0.39 is 5.97 Å². The van der Waals surface area contributed by atoms with Gasteiger partial charge >= 0.3 is 5.97 Å². The summed E-state index contributed by atoms with van der Waals surface area (Å²) in [6, 6.07) is 13.5. The Balaban J connectivity index is 0.000000223. The maximum absolute atomic E-state index is 12.2. The van der Waals surface area contributed by atoms with Crippen LogP contribution in [0, 0.1) is 0 Å². The van der Waals surface area contributed by atoms with Crippen LogP contribution in [-0.4, -0.2) is 53.3 Å². The number of aromatic carboxylic acids is 1. The third-order valence-corrected chi connectivity index (χ3v) is 6.42. The van der Waals surface area contributed by atoms with Gasteiger partial charge < -0.3 is 26.4 Å². The van der Waals surface area contributed by atoms with Crippen LogP contribution in [0.5, 0.6) is 0 Å². The zero-order valence-corrected chi connectivity index (χ0v) is 19.8. The van der Waals surface area contributed by atoms with Crippen molar-refractivity contribution in [1.82, 2.24) is 15.5 Å². The van der Waals surface area contributed by atoms with Gasteiger partial charge in [-0.3, -0.25) is 14.4 Å². The van der Waals surface area contributed by atoms with Crippen LogP contribution in [0.2, 0.25) is 0 Å². The Labute approximate surface area is 204 Å². The van der Waals surface area contributed by atoms with E-state index in [9.17, 15) is 19.2 Å². The molecule has 0 aromatic heterocycles. The second kappa shape index (κ2) is 12.1. The summed E-state index contributed by atoms with van der Waals surface area (Å²) in [6.07, 6.45) is 4.84. The molecule has 2 unspecified atom stereocenters. The fourth-order valence-electron chi connectivity index (χ4n) is 4.56. The topological polar surface area (TPSA) is 142 Å². The maximum atomic E-state index is 12.2. The lowest BCUT2D eigenvalue weighted by atomic mass is 9.88. The Kier molecular flexibility index (Phi) is 8.97. The number of hydrogen-bond acceptors (Lipinski definition) is 5. The standard InChI is InChI=1S/C15H19N3O4.C11H13NO/c1-9-4-10-2-3-11(15(21)22)5-12(10)8-18(9)14(20)7-17-13(19)6-16;13-8-12-11-7-3-5-9-4-1-2-6-10(9)11/h2-3,5,9H,4,6-8,16H2,1H3,(H,17,19)(H,21,22);1-2,4,6,8,11H,3,5,7H2,(H,12,13). The summed E-state index contributed by atoms with van der Waals surface area (Å²) in [4.78, 5) is 46.4. The largest absolute Gasteiger partial charge is 0.478 e. The van der Waals surface area contributed by atoms with Gasteiger partial charge in [0.25, 0.3) is 0 Å². The molecule has 2 atom stereocenters. The van der Waals surface area contributed by atoms with Crippen molar-refractivity contribution in [1.29, 1.82) is 0 Å². The molecule has 0 spiro atoms. The van der Waals surface area contributed by atoms with Crippen LogP contribution in [0.25, 0.3) is 0 Å². The van der Waals surface area contributed by atoms with Crippen molar-refractivity contribution in [2.75, 3.05) is 13.1 Å². The molecule has 0 bridgehead atoms. The molecule has 0 saturated carbocycles. The number of carbonyl (C=O) groups is 4. The van der Waals surface area contributed by atoms with Crippen LogP contribution in [0.3, 0.4) is 0 Å². The van der Waals surface area contributed by atoms with E-state index in [1.807, 2.05) is 13.0 Å². The molecule has 1 aliphatic carbocycles. The Morgan fingerprint density at radius 3 is 2.63 bits per heavy atom. The molecule has 0 fully saturated rings. The van der Waals surface area contributed by atoms with E-state index in [1.54, 1.807) is 23.1 Å². The summed E-state index contributed by atoms with van der Waals surface area (Å²) in [7, 11) is 0. The number of carboxylic acid groups (broad SMARTS) is 1. The van der Waals surface area contributed by atoms with Crippen LogP contribution in [0.4, 0.5) is 0 Å².